The molecule has 0 saturated carbocycles. The SMILES string of the molecule is Cc1cccc(CCCOC(=O)c2ccc(S(=O)(=O)NC(C)(C)C)cc2)n1. The van der Waals surface area contributed by atoms with Crippen LogP contribution < -0.4 is 4.72 Å². The minimum atomic E-state index is -3.62. The van der Waals surface area contributed by atoms with E-state index in [1.165, 1.54) is 24.3 Å². The lowest BCUT2D eigenvalue weighted by atomic mass is 10.1. The number of carbonyl (C=O) groups excluding carboxylic acids is 1. The smallest absolute Gasteiger partial charge is 0.338 e. The van der Waals surface area contributed by atoms with Crippen molar-refractivity contribution in [3.8, 4) is 0 Å². The molecule has 1 N–H and O–H groups in total. The molecule has 7 heteroatoms. The van der Waals surface area contributed by atoms with Gasteiger partial charge in [0.25, 0.3) is 0 Å². The number of hydrogen-bond donors (Lipinski definition) is 1. The Kier molecular flexibility index (Phi) is 6.73. The highest BCUT2D eigenvalue weighted by Crippen LogP contribution is 2.14. The maximum Gasteiger partial charge on any atom is 0.338 e. The lowest BCUT2D eigenvalue weighted by molar-refractivity contribution is 0.0500. The van der Waals surface area contributed by atoms with Crippen molar-refractivity contribution in [1.82, 2.24) is 9.71 Å². The fourth-order valence-corrected chi connectivity index (χ4v) is 3.89. The van der Waals surface area contributed by atoms with Gasteiger partial charge in [-0.25, -0.2) is 17.9 Å². The molecule has 0 aliphatic heterocycles. The van der Waals surface area contributed by atoms with E-state index in [1.54, 1.807) is 20.8 Å². The van der Waals surface area contributed by atoms with Gasteiger partial charge in [-0.1, -0.05) is 6.07 Å². The van der Waals surface area contributed by atoms with Gasteiger partial charge in [0.1, 0.15) is 0 Å². The summed E-state index contributed by atoms with van der Waals surface area (Å²) in [5.41, 5.74) is 1.66. The molecule has 0 bridgehead atoms. The van der Waals surface area contributed by atoms with Gasteiger partial charge in [0.05, 0.1) is 17.1 Å². The topological polar surface area (TPSA) is 85.4 Å². The molecule has 2 aromatic rings. The first-order valence-electron chi connectivity index (χ1n) is 8.80. The van der Waals surface area contributed by atoms with Gasteiger partial charge in [-0.15, -0.1) is 0 Å². The second-order valence-electron chi connectivity index (χ2n) is 7.39. The molecule has 1 aromatic heterocycles. The van der Waals surface area contributed by atoms with E-state index in [1.807, 2.05) is 25.1 Å². The van der Waals surface area contributed by atoms with Crippen molar-refractivity contribution in [3.63, 3.8) is 0 Å². The quantitative estimate of drug-likeness (QED) is 0.579. The Labute approximate surface area is 161 Å². The molecular weight excluding hydrogens is 364 g/mol. The normalized spacial score (nSPS) is 12.0. The van der Waals surface area contributed by atoms with E-state index < -0.39 is 21.5 Å². The van der Waals surface area contributed by atoms with Crippen LogP contribution in [0, 0.1) is 6.92 Å². The number of rotatable bonds is 7. The summed E-state index contributed by atoms with van der Waals surface area (Å²) in [4.78, 5) is 16.6. The first kappa shape index (κ1) is 21.1. The maximum atomic E-state index is 12.3. The summed E-state index contributed by atoms with van der Waals surface area (Å²) in [7, 11) is -3.62. The maximum absolute atomic E-state index is 12.3. The average Bonchev–Trinajstić information content (AvgIpc) is 2.57. The first-order chi connectivity index (χ1) is 12.6. The van der Waals surface area contributed by atoms with Crippen molar-refractivity contribution in [2.45, 2.75) is 51.0 Å². The van der Waals surface area contributed by atoms with E-state index in [0.717, 1.165) is 17.8 Å². The van der Waals surface area contributed by atoms with Gasteiger partial charge in [0, 0.05) is 16.9 Å². The van der Waals surface area contributed by atoms with Crippen LogP contribution in [0.2, 0.25) is 0 Å². The van der Waals surface area contributed by atoms with E-state index in [0.29, 0.717) is 12.0 Å². The summed E-state index contributed by atoms with van der Waals surface area (Å²) >= 11 is 0. The highest BCUT2D eigenvalue weighted by atomic mass is 32.2. The predicted octanol–water partition coefficient (Wildman–Crippen LogP) is 3.26. The zero-order chi connectivity index (χ0) is 20.1. The van der Waals surface area contributed by atoms with Gasteiger partial charge in [-0.3, -0.25) is 4.98 Å². The molecule has 0 saturated heterocycles. The van der Waals surface area contributed by atoms with E-state index >= 15 is 0 Å². The number of sulfonamides is 1. The van der Waals surface area contributed by atoms with Crippen LogP contribution in [0.4, 0.5) is 0 Å². The number of nitrogens with one attached hydrogen (secondary N) is 1. The first-order valence-corrected chi connectivity index (χ1v) is 10.3. The summed E-state index contributed by atoms with van der Waals surface area (Å²) in [5, 5.41) is 0. The third-order valence-corrected chi connectivity index (χ3v) is 5.37. The monoisotopic (exact) mass is 390 g/mol. The Balaban J connectivity index is 1.88. The largest absolute Gasteiger partial charge is 0.462 e. The molecule has 1 aromatic carbocycles. The third kappa shape index (κ3) is 6.77. The molecule has 0 aliphatic carbocycles. The zero-order valence-corrected chi connectivity index (χ0v) is 17.0. The predicted molar refractivity (Wildman–Crippen MR) is 104 cm³/mol. The Morgan fingerprint density at radius 3 is 2.37 bits per heavy atom. The van der Waals surface area contributed by atoms with Gasteiger partial charge in [-0.2, -0.15) is 0 Å². The number of esters is 1. The number of nitrogens with zero attached hydrogens (tertiary/aromatic N) is 1. The lowest BCUT2D eigenvalue weighted by Crippen LogP contribution is -2.40. The Bertz CT molecular complexity index is 885. The van der Waals surface area contributed by atoms with Crippen LogP contribution in [0.15, 0.2) is 47.4 Å². The molecule has 0 atom stereocenters. The second-order valence-corrected chi connectivity index (χ2v) is 9.07. The summed E-state index contributed by atoms with van der Waals surface area (Å²) in [6.45, 7) is 7.51. The Hall–Kier alpha value is -2.25. The van der Waals surface area contributed by atoms with E-state index in [4.69, 9.17) is 4.74 Å². The van der Waals surface area contributed by atoms with Crippen LogP contribution in [0.25, 0.3) is 0 Å². The van der Waals surface area contributed by atoms with Crippen LogP contribution in [-0.2, 0) is 21.2 Å². The van der Waals surface area contributed by atoms with Crippen LogP contribution >= 0.6 is 0 Å². The van der Waals surface area contributed by atoms with Crippen LogP contribution in [0.3, 0.4) is 0 Å². The molecular formula is C20H26N2O4S. The molecule has 0 amide bonds. The molecule has 6 nitrogen and oxygen atoms in total. The van der Waals surface area contributed by atoms with Crippen LogP contribution in [0.1, 0.15) is 48.9 Å². The van der Waals surface area contributed by atoms with Crippen LogP contribution in [-0.4, -0.2) is 31.5 Å². The molecule has 146 valence electrons. The number of hydrogen-bond acceptors (Lipinski definition) is 5. The van der Waals surface area contributed by atoms with Gasteiger partial charge < -0.3 is 4.74 Å². The Morgan fingerprint density at radius 2 is 1.78 bits per heavy atom. The number of ether oxygens (including phenoxy) is 1. The van der Waals surface area contributed by atoms with Gasteiger partial charge >= 0.3 is 5.97 Å². The molecule has 1 heterocycles. The second kappa shape index (κ2) is 8.63. The molecule has 0 fully saturated rings. The van der Waals surface area contributed by atoms with Crippen molar-refractivity contribution in [1.29, 1.82) is 0 Å². The molecule has 0 unspecified atom stereocenters. The fraction of sp³-hybridized carbons (Fsp3) is 0.400. The summed E-state index contributed by atoms with van der Waals surface area (Å²) in [6.07, 6.45) is 1.40. The number of carbonyl (C=O) groups is 1. The number of benzene rings is 1. The van der Waals surface area contributed by atoms with Crippen molar-refractivity contribution in [2.75, 3.05) is 6.61 Å². The number of pyridine rings is 1. The molecule has 27 heavy (non-hydrogen) atoms. The van der Waals surface area contributed by atoms with E-state index in [-0.39, 0.29) is 11.5 Å². The van der Waals surface area contributed by atoms with Gasteiger partial charge in [0.2, 0.25) is 10.0 Å². The molecule has 0 spiro atoms. The zero-order valence-electron chi connectivity index (χ0n) is 16.2. The highest BCUT2D eigenvalue weighted by Gasteiger charge is 2.22. The van der Waals surface area contributed by atoms with Gasteiger partial charge in [-0.05, 0) is 76.9 Å². The van der Waals surface area contributed by atoms with Crippen molar-refractivity contribution in [2.24, 2.45) is 0 Å². The highest BCUT2D eigenvalue weighted by molar-refractivity contribution is 7.89. The van der Waals surface area contributed by atoms with Gasteiger partial charge in [0.15, 0.2) is 0 Å². The fourth-order valence-electron chi connectivity index (χ4n) is 2.47. The number of aryl methyl sites for hydroxylation is 2. The van der Waals surface area contributed by atoms with Crippen molar-refractivity contribution >= 4 is 16.0 Å². The molecule has 0 radical (unpaired) electrons. The Morgan fingerprint density at radius 1 is 1.11 bits per heavy atom. The summed E-state index contributed by atoms with van der Waals surface area (Å²) in [6, 6.07) is 11.6. The number of aromatic nitrogens is 1. The lowest BCUT2D eigenvalue weighted by Gasteiger charge is -2.20. The van der Waals surface area contributed by atoms with E-state index in [2.05, 4.69) is 9.71 Å². The van der Waals surface area contributed by atoms with Crippen molar-refractivity contribution < 1.29 is 17.9 Å². The summed E-state index contributed by atoms with van der Waals surface area (Å²) in [5.74, 6) is -0.472. The average molecular weight is 391 g/mol. The molecule has 0 aliphatic rings. The van der Waals surface area contributed by atoms with E-state index in [9.17, 15) is 13.2 Å². The summed E-state index contributed by atoms with van der Waals surface area (Å²) < 4.78 is 32.4. The minimum Gasteiger partial charge on any atom is -0.462 e. The minimum absolute atomic E-state index is 0.111. The third-order valence-electron chi connectivity index (χ3n) is 3.60. The van der Waals surface area contributed by atoms with Crippen LogP contribution in [0.5, 0.6) is 0 Å². The standard InChI is InChI=1S/C20H26N2O4S/c1-15-7-5-8-17(21-15)9-6-14-26-19(23)16-10-12-18(13-11-16)27(24,25)22-20(2,3)4/h5,7-8,10-13,22H,6,9,14H2,1-4H3. The van der Waals surface area contributed by atoms with Crippen molar-refractivity contribution in [3.05, 3.63) is 59.4 Å². The molecule has 2 rings (SSSR count).